The van der Waals surface area contributed by atoms with Gasteiger partial charge in [-0.05, 0) is 58.4 Å². The van der Waals surface area contributed by atoms with Crippen LogP contribution < -0.4 is 4.74 Å². The number of hydrogen-bond donors (Lipinski definition) is 0. The summed E-state index contributed by atoms with van der Waals surface area (Å²) in [7, 11) is 2.10. The van der Waals surface area contributed by atoms with Crippen LogP contribution in [0.4, 0.5) is 4.79 Å². The standard InChI is InChI=1S/C21H32N2O4/c1-21(2,3)27-20(25)23-11-8-18(9-12-23)22(4)13-15-26-19-7-5-6-17(16-19)10-14-24/h5-7,14,16,18H,8-13,15H2,1-4H3. The first kappa shape index (κ1) is 21.2. The van der Waals surface area contributed by atoms with Crippen LogP contribution in [0.2, 0.25) is 0 Å². The van der Waals surface area contributed by atoms with E-state index in [0.29, 0.717) is 19.1 Å². The van der Waals surface area contributed by atoms with Crippen LogP contribution in [0.25, 0.3) is 0 Å². The molecule has 2 rings (SSSR count). The summed E-state index contributed by atoms with van der Waals surface area (Å²) in [6.45, 7) is 8.51. The Labute approximate surface area is 162 Å². The van der Waals surface area contributed by atoms with Gasteiger partial charge in [-0.1, -0.05) is 12.1 Å². The average Bonchev–Trinajstić information content (AvgIpc) is 2.61. The highest BCUT2D eigenvalue weighted by Gasteiger charge is 2.28. The van der Waals surface area contributed by atoms with Gasteiger partial charge >= 0.3 is 6.09 Å². The molecule has 0 bridgehead atoms. The summed E-state index contributed by atoms with van der Waals surface area (Å²) in [5.74, 6) is 0.794. The molecular weight excluding hydrogens is 344 g/mol. The minimum absolute atomic E-state index is 0.220. The quantitative estimate of drug-likeness (QED) is 0.684. The van der Waals surface area contributed by atoms with E-state index in [1.807, 2.05) is 45.0 Å². The minimum Gasteiger partial charge on any atom is -0.492 e. The van der Waals surface area contributed by atoms with Gasteiger partial charge in [0.2, 0.25) is 0 Å². The van der Waals surface area contributed by atoms with Crippen LogP contribution >= 0.6 is 0 Å². The molecule has 1 saturated heterocycles. The maximum Gasteiger partial charge on any atom is 0.410 e. The van der Waals surface area contributed by atoms with Gasteiger partial charge in [0.15, 0.2) is 0 Å². The predicted octanol–water partition coefficient (Wildman–Crippen LogP) is 3.14. The second kappa shape index (κ2) is 9.74. The Morgan fingerprint density at radius 1 is 1.30 bits per heavy atom. The van der Waals surface area contributed by atoms with E-state index in [1.54, 1.807) is 4.90 Å². The number of likely N-dealkylation sites (N-methyl/N-ethyl adjacent to an activating group) is 1. The van der Waals surface area contributed by atoms with Gasteiger partial charge in [0.25, 0.3) is 0 Å². The van der Waals surface area contributed by atoms with Crippen molar-refractivity contribution >= 4 is 12.4 Å². The van der Waals surface area contributed by atoms with Crippen molar-refractivity contribution in [3.63, 3.8) is 0 Å². The summed E-state index contributed by atoms with van der Waals surface area (Å²) in [6.07, 6.45) is 2.96. The molecule has 0 spiro atoms. The van der Waals surface area contributed by atoms with E-state index in [0.717, 1.165) is 50.1 Å². The fourth-order valence-corrected chi connectivity index (χ4v) is 3.16. The van der Waals surface area contributed by atoms with E-state index in [9.17, 15) is 9.59 Å². The van der Waals surface area contributed by atoms with Crippen LogP contribution in [0.15, 0.2) is 24.3 Å². The molecule has 0 aromatic heterocycles. The summed E-state index contributed by atoms with van der Waals surface area (Å²) >= 11 is 0. The SMILES string of the molecule is CN(CCOc1cccc(CC=O)c1)C1CCN(C(=O)OC(C)(C)C)CC1. The van der Waals surface area contributed by atoms with E-state index in [4.69, 9.17) is 9.47 Å². The zero-order valence-electron chi connectivity index (χ0n) is 16.9. The molecule has 150 valence electrons. The zero-order valence-corrected chi connectivity index (χ0v) is 16.9. The van der Waals surface area contributed by atoms with Crippen molar-refractivity contribution in [2.75, 3.05) is 33.3 Å². The van der Waals surface area contributed by atoms with Crippen molar-refractivity contribution in [3.8, 4) is 5.75 Å². The van der Waals surface area contributed by atoms with Crippen LogP contribution in [0.3, 0.4) is 0 Å². The number of likely N-dealkylation sites (tertiary alicyclic amines) is 1. The number of ether oxygens (including phenoxy) is 2. The highest BCUT2D eigenvalue weighted by Crippen LogP contribution is 2.19. The third-order valence-corrected chi connectivity index (χ3v) is 4.67. The number of aldehydes is 1. The van der Waals surface area contributed by atoms with E-state index in [2.05, 4.69) is 11.9 Å². The fraction of sp³-hybridized carbons (Fsp3) is 0.619. The predicted molar refractivity (Wildman–Crippen MR) is 105 cm³/mol. The molecule has 6 nitrogen and oxygen atoms in total. The van der Waals surface area contributed by atoms with Gasteiger partial charge in [-0.15, -0.1) is 0 Å². The first-order valence-electron chi connectivity index (χ1n) is 9.62. The van der Waals surface area contributed by atoms with Crippen LogP contribution in [-0.2, 0) is 16.0 Å². The molecule has 0 unspecified atom stereocenters. The highest BCUT2D eigenvalue weighted by molar-refractivity contribution is 5.68. The highest BCUT2D eigenvalue weighted by atomic mass is 16.6. The van der Waals surface area contributed by atoms with E-state index >= 15 is 0 Å². The van der Waals surface area contributed by atoms with Crippen molar-refractivity contribution < 1.29 is 19.1 Å². The minimum atomic E-state index is -0.453. The normalized spacial score (nSPS) is 15.7. The van der Waals surface area contributed by atoms with Crippen molar-refractivity contribution in [2.45, 2.75) is 51.7 Å². The molecule has 6 heteroatoms. The Hall–Kier alpha value is -2.08. The largest absolute Gasteiger partial charge is 0.492 e. The Balaban J connectivity index is 1.71. The summed E-state index contributed by atoms with van der Waals surface area (Å²) in [5.41, 5.74) is 0.510. The number of piperidine rings is 1. The lowest BCUT2D eigenvalue weighted by Gasteiger charge is -2.37. The average molecular weight is 376 g/mol. The van der Waals surface area contributed by atoms with E-state index in [1.165, 1.54) is 0 Å². The molecule has 1 aromatic carbocycles. The smallest absolute Gasteiger partial charge is 0.410 e. The second-order valence-electron chi connectivity index (χ2n) is 8.05. The molecule has 1 fully saturated rings. The van der Waals surface area contributed by atoms with Crippen molar-refractivity contribution in [1.82, 2.24) is 9.80 Å². The van der Waals surface area contributed by atoms with Crippen LogP contribution in [0.5, 0.6) is 5.75 Å². The number of amides is 1. The summed E-state index contributed by atoms with van der Waals surface area (Å²) in [5, 5.41) is 0. The molecule has 27 heavy (non-hydrogen) atoms. The van der Waals surface area contributed by atoms with Gasteiger partial charge in [0.05, 0.1) is 0 Å². The first-order valence-corrected chi connectivity index (χ1v) is 9.62. The molecule has 0 saturated carbocycles. The maximum atomic E-state index is 12.1. The molecule has 0 atom stereocenters. The number of rotatable bonds is 7. The van der Waals surface area contributed by atoms with Gasteiger partial charge in [0.1, 0.15) is 24.2 Å². The maximum absolute atomic E-state index is 12.1. The van der Waals surface area contributed by atoms with Gasteiger partial charge < -0.3 is 19.2 Å². The lowest BCUT2D eigenvalue weighted by Crippen LogP contribution is -2.47. The van der Waals surface area contributed by atoms with Crippen LogP contribution in [-0.4, -0.2) is 67.1 Å². The molecule has 0 radical (unpaired) electrons. The topological polar surface area (TPSA) is 59.1 Å². The van der Waals surface area contributed by atoms with Crippen molar-refractivity contribution in [2.24, 2.45) is 0 Å². The lowest BCUT2D eigenvalue weighted by atomic mass is 10.0. The van der Waals surface area contributed by atoms with E-state index in [-0.39, 0.29) is 6.09 Å². The van der Waals surface area contributed by atoms with Crippen LogP contribution in [0, 0.1) is 0 Å². The molecule has 1 aliphatic heterocycles. The second-order valence-corrected chi connectivity index (χ2v) is 8.05. The first-order chi connectivity index (χ1) is 12.8. The van der Waals surface area contributed by atoms with Crippen LogP contribution in [0.1, 0.15) is 39.2 Å². The molecule has 1 heterocycles. The summed E-state index contributed by atoms with van der Waals surface area (Å²) in [4.78, 5) is 26.8. The zero-order chi connectivity index (χ0) is 19.9. The molecular formula is C21H32N2O4. The number of carbonyl (C=O) groups is 2. The summed E-state index contributed by atoms with van der Waals surface area (Å²) in [6, 6.07) is 8.09. The lowest BCUT2D eigenvalue weighted by molar-refractivity contribution is -0.107. The molecule has 0 aliphatic carbocycles. The van der Waals surface area contributed by atoms with Gasteiger partial charge in [0, 0.05) is 32.1 Å². The molecule has 0 N–H and O–H groups in total. The Morgan fingerprint density at radius 2 is 2.00 bits per heavy atom. The number of benzene rings is 1. The molecule has 1 aliphatic rings. The third-order valence-electron chi connectivity index (χ3n) is 4.67. The van der Waals surface area contributed by atoms with Crippen molar-refractivity contribution in [3.05, 3.63) is 29.8 Å². The third kappa shape index (κ3) is 7.21. The van der Waals surface area contributed by atoms with Gasteiger partial charge in [-0.2, -0.15) is 0 Å². The van der Waals surface area contributed by atoms with Gasteiger partial charge in [-0.25, -0.2) is 4.79 Å². The molecule has 1 amide bonds. The molecule has 1 aromatic rings. The number of carbonyl (C=O) groups excluding carboxylic acids is 2. The Morgan fingerprint density at radius 3 is 2.63 bits per heavy atom. The van der Waals surface area contributed by atoms with Gasteiger partial charge in [-0.3, -0.25) is 4.90 Å². The number of hydrogen-bond acceptors (Lipinski definition) is 5. The van der Waals surface area contributed by atoms with E-state index < -0.39 is 5.60 Å². The van der Waals surface area contributed by atoms with Crippen molar-refractivity contribution in [1.29, 1.82) is 0 Å². The Kier molecular flexibility index (Phi) is 7.66. The fourth-order valence-electron chi connectivity index (χ4n) is 3.16. The summed E-state index contributed by atoms with van der Waals surface area (Å²) < 4.78 is 11.3. The number of nitrogens with zero attached hydrogens (tertiary/aromatic N) is 2. The monoisotopic (exact) mass is 376 g/mol. The Bertz CT molecular complexity index is 619.